The van der Waals surface area contributed by atoms with Crippen LogP contribution in [0, 0.1) is 35.5 Å². The van der Waals surface area contributed by atoms with Gasteiger partial charge in [0.15, 0.2) is 12.1 Å². The van der Waals surface area contributed by atoms with Gasteiger partial charge in [-0.05, 0) is 55.8 Å². The maximum atomic E-state index is 11.1. The lowest BCUT2D eigenvalue weighted by Crippen LogP contribution is -2.56. The maximum absolute atomic E-state index is 11.1. The second-order valence-corrected chi connectivity index (χ2v) is 7.55. The Labute approximate surface area is 133 Å². The van der Waals surface area contributed by atoms with E-state index in [0.717, 1.165) is 12.8 Å². The lowest BCUT2D eigenvalue weighted by Gasteiger charge is -2.57. The van der Waals surface area contributed by atoms with E-state index in [4.69, 9.17) is 5.73 Å². The van der Waals surface area contributed by atoms with Gasteiger partial charge in [0.2, 0.25) is 5.52 Å². The number of hydrogen-bond acceptors (Lipinski definition) is 4. The molecule has 6 rings (SSSR count). The largest absolute Gasteiger partial charge is 0.389 e. The van der Waals surface area contributed by atoms with Gasteiger partial charge in [-0.1, -0.05) is 10.9 Å². The molecule has 2 aromatic heterocycles. The normalized spacial score (nSPS) is 37.8. The van der Waals surface area contributed by atoms with Crippen molar-refractivity contribution < 1.29 is 10.1 Å². The number of anilines is 1. The summed E-state index contributed by atoms with van der Waals surface area (Å²) in [6.45, 7) is 0. The third kappa shape index (κ3) is 1.96. The molecule has 4 saturated carbocycles. The van der Waals surface area contributed by atoms with E-state index >= 15 is 0 Å². The number of hydrogen-bond donors (Lipinski definition) is 3. The van der Waals surface area contributed by atoms with Crippen LogP contribution < -0.4 is 10.7 Å². The number of nitrogen functional groups attached to an aromatic ring is 1. The third-order valence-electron chi connectivity index (χ3n) is 5.98. The standard InChI is InChI=1S/C17H19N5O/c18-15-14-16(20-8-19-14)22-13(21-15)2-1-12-11-4-9-3-10(5-11)7-17(12,23)6-9/h8-12,23H,3-7H2,(H3,18,19,20,21,22)/p+1. The number of aliphatic hydroxyl groups is 1. The molecule has 2 heterocycles. The highest BCUT2D eigenvalue weighted by atomic mass is 16.3. The number of nitrogens with zero attached hydrogens (tertiary/aromatic N) is 2. The van der Waals surface area contributed by atoms with Gasteiger partial charge in [0.25, 0.3) is 5.82 Å². The zero-order valence-electron chi connectivity index (χ0n) is 12.8. The number of rotatable bonds is 0. The van der Waals surface area contributed by atoms with Gasteiger partial charge in [-0.15, -0.1) is 0 Å². The lowest BCUT2D eigenvalue weighted by atomic mass is 9.50. The van der Waals surface area contributed by atoms with E-state index in [0.29, 0.717) is 40.6 Å². The van der Waals surface area contributed by atoms with Crippen LogP contribution in [-0.2, 0) is 0 Å². The molecule has 4 fully saturated rings. The van der Waals surface area contributed by atoms with Crippen molar-refractivity contribution in [2.45, 2.75) is 37.7 Å². The number of nitrogens with one attached hydrogen (secondary N) is 2. The molecule has 6 nitrogen and oxygen atoms in total. The molecule has 0 saturated heterocycles. The fourth-order valence-electron chi connectivity index (χ4n) is 5.35. The van der Waals surface area contributed by atoms with Crippen LogP contribution in [0.4, 0.5) is 5.82 Å². The van der Waals surface area contributed by atoms with Crippen molar-refractivity contribution >= 4 is 17.0 Å². The summed E-state index contributed by atoms with van der Waals surface area (Å²) in [7, 11) is 0. The van der Waals surface area contributed by atoms with Crippen molar-refractivity contribution in [1.29, 1.82) is 0 Å². The van der Waals surface area contributed by atoms with Gasteiger partial charge < -0.3 is 10.8 Å². The maximum Gasteiger partial charge on any atom is 0.306 e. The van der Waals surface area contributed by atoms with Crippen LogP contribution in [0.2, 0.25) is 0 Å². The fourth-order valence-corrected chi connectivity index (χ4v) is 5.35. The van der Waals surface area contributed by atoms with Crippen LogP contribution in [-0.4, -0.2) is 25.7 Å². The zero-order valence-corrected chi connectivity index (χ0v) is 12.8. The molecular weight excluding hydrogens is 290 g/mol. The van der Waals surface area contributed by atoms with Gasteiger partial charge in [0, 0.05) is 0 Å². The van der Waals surface area contributed by atoms with Crippen LogP contribution in [0.1, 0.15) is 37.9 Å². The minimum absolute atomic E-state index is 0.0472. The van der Waals surface area contributed by atoms with Crippen molar-refractivity contribution in [2.24, 2.45) is 23.7 Å². The number of nitrogens with two attached hydrogens (primary N) is 1. The Morgan fingerprint density at radius 1 is 1.26 bits per heavy atom. The second kappa shape index (κ2) is 4.45. The summed E-state index contributed by atoms with van der Waals surface area (Å²) in [5.74, 6) is 9.17. The van der Waals surface area contributed by atoms with Crippen LogP contribution in [0.15, 0.2) is 6.33 Å². The van der Waals surface area contributed by atoms with Gasteiger partial charge in [0.05, 0.1) is 11.5 Å². The van der Waals surface area contributed by atoms with Gasteiger partial charge in [-0.25, -0.2) is 4.98 Å². The summed E-state index contributed by atoms with van der Waals surface area (Å²) in [5.41, 5.74) is 6.69. The summed E-state index contributed by atoms with van der Waals surface area (Å²) >= 11 is 0. The number of imidazole rings is 1. The smallest absolute Gasteiger partial charge is 0.306 e. The molecule has 0 aromatic carbocycles. The predicted octanol–water partition coefficient (Wildman–Crippen LogP) is 0.893. The Kier molecular flexibility index (Phi) is 2.58. The summed E-state index contributed by atoms with van der Waals surface area (Å²) in [5, 5.41) is 11.1. The molecular formula is C17H20N5O+. The summed E-state index contributed by atoms with van der Waals surface area (Å²) in [6.07, 6.45) is 7.23. The lowest BCUT2D eigenvalue weighted by molar-refractivity contribution is -0.347. The van der Waals surface area contributed by atoms with Crippen molar-refractivity contribution in [3.63, 3.8) is 0 Å². The second-order valence-electron chi connectivity index (χ2n) is 7.55. The fraction of sp³-hybridized carbons (Fsp3) is 0.588. The SMILES string of the molecule is Nc1nc(C#CC2C3CC4CC(C3)CC2(O)C4)nc2[nH+]c[nH]c12. The molecule has 0 radical (unpaired) electrons. The molecule has 5 N–H and O–H groups in total. The molecule has 4 aliphatic rings. The molecule has 3 atom stereocenters. The topological polar surface area (TPSA) is 102 Å². The first-order chi connectivity index (χ1) is 11.1. The molecule has 0 amide bonds. The van der Waals surface area contributed by atoms with E-state index in [9.17, 15) is 5.11 Å². The minimum atomic E-state index is -0.600. The molecule has 2 aromatic rings. The highest BCUT2D eigenvalue weighted by molar-refractivity contribution is 5.78. The first kappa shape index (κ1) is 13.3. The first-order valence-corrected chi connectivity index (χ1v) is 8.37. The average Bonchev–Trinajstić information content (AvgIpc) is 2.94. The molecule has 3 unspecified atom stereocenters. The molecule has 4 aliphatic carbocycles. The zero-order chi connectivity index (χ0) is 15.6. The predicted molar refractivity (Wildman–Crippen MR) is 83.7 cm³/mol. The van der Waals surface area contributed by atoms with E-state index in [1.54, 1.807) is 6.33 Å². The molecule has 6 heteroatoms. The molecule has 23 heavy (non-hydrogen) atoms. The van der Waals surface area contributed by atoms with Crippen LogP contribution in [0.25, 0.3) is 11.2 Å². The van der Waals surface area contributed by atoms with Gasteiger partial charge in [-0.2, -0.15) is 4.98 Å². The number of H-pyrrole nitrogens is 2. The molecule has 118 valence electrons. The third-order valence-corrected chi connectivity index (χ3v) is 5.98. The quantitative estimate of drug-likeness (QED) is 0.629. The Hall–Kier alpha value is -2.13. The highest BCUT2D eigenvalue weighted by Crippen LogP contribution is 2.58. The van der Waals surface area contributed by atoms with E-state index in [-0.39, 0.29) is 5.92 Å². The molecule has 0 aliphatic heterocycles. The highest BCUT2D eigenvalue weighted by Gasteiger charge is 2.55. The Bertz CT molecular complexity index is 834. The summed E-state index contributed by atoms with van der Waals surface area (Å²) in [6, 6.07) is 0. The van der Waals surface area contributed by atoms with Crippen LogP contribution in [0.5, 0.6) is 0 Å². The molecule has 0 spiro atoms. The van der Waals surface area contributed by atoms with Crippen LogP contribution in [0.3, 0.4) is 0 Å². The number of aromatic nitrogens is 4. The van der Waals surface area contributed by atoms with E-state index in [1.165, 1.54) is 19.3 Å². The van der Waals surface area contributed by atoms with Gasteiger partial charge >= 0.3 is 5.65 Å². The van der Waals surface area contributed by atoms with Crippen molar-refractivity contribution in [1.82, 2.24) is 15.0 Å². The Morgan fingerprint density at radius 3 is 2.78 bits per heavy atom. The van der Waals surface area contributed by atoms with Crippen molar-refractivity contribution in [2.75, 3.05) is 5.73 Å². The van der Waals surface area contributed by atoms with Crippen LogP contribution >= 0.6 is 0 Å². The van der Waals surface area contributed by atoms with Crippen molar-refractivity contribution in [3.05, 3.63) is 12.2 Å². The van der Waals surface area contributed by atoms with Gasteiger partial charge in [0.1, 0.15) is 0 Å². The van der Waals surface area contributed by atoms with E-state index in [1.807, 2.05) is 0 Å². The summed E-state index contributed by atoms with van der Waals surface area (Å²) < 4.78 is 0. The van der Waals surface area contributed by atoms with Crippen molar-refractivity contribution in [3.8, 4) is 11.8 Å². The Balaban J connectivity index is 1.50. The van der Waals surface area contributed by atoms with E-state index < -0.39 is 5.60 Å². The first-order valence-electron chi connectivity index (χ1n) is 8.37. The number of fused-ring (bicyclic) bond motifs is 1. The minimum Gasteiger partial charge on any atom is -0.389 e. The monoisotopic (exact) mass is 310 g/mol. The van der Waals surface area contributed by atoms with E-state index in [2.05, 4.69) is 31.8 Å². The number of aromatic amines is 2. The van der Waals surface area contributed by atoms with Gasteiger partial charge in [-0.3, -0.25) is 4.98 Å². The summed E-state index contributed by atoms with van der Waals surface area (Å²) in [4.78, 5) is 14.6. The molecule has 4 bridgehead atoms. The average molecular weight is 310 g/mol. The Morgan fingerprint density at radius 2 is 2.04 bits per heavy atom.